The standard InChI is InChI=1S/C20H25NOS/c1-15(20(2,3)23-14-21-4)16-10-12-17(13-11-16)18-8-6-7-9-19(18)22-5/h6-15H,1-5H3. The number of nitrogens with zero attached hydrogens (tertiary/aromatic N) is 1. The first-order valence-electron chi connectivity index (χ1n) is 7.81. The van der Waals surface area contributed by atoms with Gasteiger partial charge in [-0.1, -0.05) is 49.4 Å². The van der Waals surface area contributed by atoms with Gasteiger partial charge in [-0.3, -0.25) is 4.99 Å². The molecule has 0 saturated heterocycles. The van der Waals surface area contributed by atoms with Crippen molar-refractivity contribution in [3.63, 3.8) is 0 Å². The summed E-state index contributed by atoms with van der Waals surface area (Å²) < 4.78 is 5.56. The van der Waals surface area contributed by atoms with Gasteiger partial charge in [-0.05, 0) is 37.0 Å². The van der Waals surface area contributed by atoms with Crippen molar-refractivity contribution in [1.82, 2.24) is 0 Å². The molecule has 0 fully saturated rings. The molecular formula is C20H25NOS. The molecule has 2 nitrogen and oxygen atoms in total. The molecule has 0 aliphatic heterocycles. The van der Waals surface area contributed by atoms with Crippen LogP contribution >= 0.6 is 11.8 Å². The van der Waals surface area contributed by atoms with E-state index < -0.39 is 0 Å². The Labute approximate surface area is 144 Å². The van der Waals surface area contributed by atoms with Crippen LogP contribution in [0.5, 0.6) is 5.75 Å². The van der Waals surface area contributed by atoms with Crippen molar-refractivity contribution >= 4 is 17.3 Å². The molecule has 1 atom stereocenters. The van der Waals surface area contributed by atoms with Gasteiger partial charge in [-0.25, -0.2) is 0 Å². The third-order valence-electron chi connectivity index (χ3n) is 4.33. The van der Waals surface area contributed by atoms with Crippen LogP contribution in [0.25, 0.3) is 11.1 Å². The average molecular weight is 327 g/mol. The molecule has 0 bridgehead atoms. The maximum Gasteiger partial charge on any atom is 0.126 e. The number of methoxy groups -OCH3 is 1. The number of thioether (sulfide) groups is 1. The Bertz CT molecular complexity index is 662. The average Bonchev–Trinajstić information content (AvgIpc) is 2.59. The lowest BCUT2D eigenvalue weighted by Crippen LogP contribution is -2.23. The van der Waals surface area contributed by atoms with E-state index in [1.807, 2.05) is 30.8 Å². The molecule has 0 heterocycles. The molecule has 0 saturated carbocycles. The van der Waals surface area contributed by atoms with E-state index in [4.69, 9.17) is 4.74 Å². The Morgan fingerprint density at radius 3 is 2.35 bits per heavy atom. The predicted octanol–water partition coefficient (Wildman–Crippen LogP) is 5.64. The second-order valence-corrected chi connectivity index (χ2v) is 7.63. The molecule has 0 N–H and O–H groups in total. The fourth-order valence-corrected chi connectivity index (χ4v) is 3.24. The maximum absolute atomic E-state index is 5.46. The van der Waals surface area contributed by atoms with Crippen LogP contribution in [0, 0.1) is 0 Å². The third kappa shape index (κ3) is 4.17. The molecule has 3 heteroatoms. The van der Waals surface area contributed by atoms with Crippen LogP contribution in [0.4, 0.5) is 0 Å². The van der Waals surface area contributed by atoms with E-state index in [1.165, 1.54) is 11.1 Å². The predicted molar refractivity (Wildman–Crippen MR) is 103 cm³/mol. The van der Waals surface area contributed by atoms with Crippen molar-refractivity contribution in [2.24, 2.45) is 4.99 Å². The van der Waals surface area contributed by atoms with Gasteiger partial charge in [0.25, 0.3) is 0 Å². The maximum atomic E-state index is 5.46. The highest BCUT2D eigenvalue weighted by Crippen LogP contribution is 2.39. The van der Waals surface area contributed by atoms with Gasteiger partial charge in [-0.15, -0.1) is 11.8 Å². The molecule has 2 aromatic carbocycles. The number of para-hydroxylation sites is 1. The SMILES string of the molecule is CN=CSC(C)(C)C(C)c1ccc(-c2ccccc2OC)cc1. The smallest absolute Gasteiger partial charge is 0.126 e. The number of rotatable bonds is 6. The van der Waals surface area contributed by atoms with Gasteiger partial charge in [0.05, 0.1) is 12.7 Å². The summed E-state index contributed by atoms with van der Waals surface area (Å²) in [7, 11) is 3.53. The van der Waals surface area contributed by atoms with Crippen molar-refractivity contribution in [3.05, 3.63) is 54.1 Å². The quantitative estimate of drug-likeness (QED) is 0.506. The Balaban J connectivity index is 2.25. The van der Waals surface area contributed by atoms with Gasteiger partial charge in [0.2, 0.25) is 0 Å². The van der Waals surface area contributed by atoms with Crippen LogP contribution in [-0.4, -0.2) is 24.5 Å². The molecule has 0 aliphatic rings. The summed E-state index contributed by atoms with van der Waals surface area (Å²) in [4.78, 5) is 4.09. The number of aliphatic imine (C=N–C) groups is 1. The van der Waals surface area contributed by atoms with Crippen LogP contribution in [0.2, 0.25) is 0 Å². The minimum absolute atomic E-state index is 0.103. The molecule has 2 rings (SSSR count). The number of benzene rings is 2. The first-order valence-corrected chi connectivity index (χ1v) is 8.69. The lowest BCUT2D eigenvalue weighted by Gasteiger charge is -2.30. The summed E-state index contributed by atoms with van der Waals surface area (Å²) in [6.07, 6.45) is 0. The van der Waals surface area contributed by atoms with Crippen LogP contribution in [-0.2, 0) is 0 Å². The zero-order valence-electron chi connectivity index (χ0n) is 14.5. The normalized spacial score (nSPS) is 13.3. The Kier molecular flexibility index (Phi) is 5.89. The van der Waals surface area contributed by atoms with Crippen molar-refractivity contribution in [1.29, 1.82) is 0 Å². The van der Waals surface area contributed by atoms with Gasteiger partial charge < -0.3 is 4.74 Å². The lowest BCUT2D eigenvalue weighted by molar-refractivity contribution is 0.416. The van der Waals surface area contributed by atoms with E-state index in [-0.39, 0.29) is 4.75 Å². The van der Waals surface area contributed by atoms with Gasteiger partial charge in [0.15, 0.2) is 0 Å². The highest BCUT2D eigenvalue weighted by atomic mass is 32.2. The molecule has 2 aromatic rings. The second-order valence-electron chi connectivity index (χ2n) is 6.13. The van der Waals surface area contributed by atoms with Crippen LogP contribution in [0.15, 0.2) is 53.5 Å². The number of ether oxygens (including phenoxy) is 1. The number of hydrogen-bond acceptors (Lipinski definition) is 3. The van der Waals surface area contributed by atoms with Crippen molar-refractivity contribution < 1.29 is 4.74 Å². The molecule has 0 radical (unpaired) electrons. The fourth-order valence-electron chi connectivity index (χ4n) is 2.53. The molecule has 0 aliphatic carbocycles. The van der Waals surface area contributed by atoms with E-state index in [2.05, 4.69) is 56.1 Å². The first-order chi connectivity index (χ1) is 11.0. The molecule has 0 spiro atoms. The molecule has 0 amide bonds. The zero-order chi connectivity index (χ0) is 16.9. The summed E-state index contributed by atoms with van der Waals surface area (Å²) in [5.41, 5.74) is 5.57. The lowest BCUT2D eigenvalue weighted by atomic mass is 9.88. The first kappa shape index (κ1) is 17.6. The van der Waals surface area contributed by atoms with Gasteiger partial charge in [0.1, 0.15) is 5.75 Å². The zero-order valence-corrected chi connectivity index (χ0v) is 15.4. The van der Waals surface area contributed by atoms with E-state index >= 15 is 0 Å². The molecule has 23 heavy (non-hydrogen) atoms. The largest absolute Gasteiger partial charge is 0.496 e. The van der Waals surface area contributed by atoms with Crippen molar-refractivity contribution in [2.75, 3.05) is 14.2 Å². The van der Waals surface area contributed by atoms with Gasteiger partial charge in [0, 0.05) is 17.4 Å². The summed E-state index contributed by atoms with van der Waals surface area (Å²) in [6, 6.07) is 16.9. The van der Waals surface area contributed by atoms with E-state index in [0.717, 1.165) is 11.3 Å². The minimum atomic E-state index is 0.103. The third-order valence-corrected chi connectivity index (χ3v) is 5.61. The monoisotopic (exact) mass is 327 g/mol. The Morgan fingerprint density at radius 1 is 1.09 bits per heavy atom. The summed E-state index contributed by atoms with van der Waals surface area (Å²) >= 11 is 1.78. The Hall–Kier alpha value is -1.74. The van der Waals surface area contributed by atoms with E-state index in [0.29, 0.717) is 5.92 Å². The highest BCUT2D eigenvalue weighted by Gasteiger charge is 2.27. The minimum Gasteiger partial charge on any atom is -0.496 e. The molecule has 1 unspecified atom stereocenters. The van der Waals surface area contributed by atoms with E-state index in [1.54, 1.807) is 18.9 Å². The topological polar surface area (TPSA) is 21.6 Å². The van der Waals surface area contributed by atoms with Crippen molar-refractivity contribution in [2.45, 2.75) is 31.4 Å². The summed E-state index contributed by atoms with van der Waals surface area (Å²) in [5, 5.41) is 0. The second kappa shape index (κ2) is 7.69. The highest BCUT2D eigenvalue weighted by molar-refractivity contribution is 8.13. The molecule has 122 valence electrons. The van der Waals surface area contributed by atoms with Gasteiger partial charge >= 0.3 is 0 Å². The molecule has 0 aromatic heterocycles. The van der Waals surface area contributed by atoms with E-state index in [9.17, 15) is 0 Å². The number of hydrogen-bond donors (Lipinski definition) is 0. The van der Waals surface area contributed by atoms with Crippen LogP contribution in [0.3, 0.4) is 0 Å². The van der Waals surface area contributed by atoms with Gasteiger partial charge in [-0.2, -0.15) is 0 Å². The van der Waals surface area contributed by atoms with Crippen molar-refractivity contribution in [3.8, 4) is 16.9 Å². The summed E-state index contributed by atoms with van der Waals surface area (Å²) in [6.45, 7) is 6.80. The Morgan fingerprint density at radius 2 is 1.74 bits per heavy atom. The summed E-state index contributed by atoms with van der Waals surface area (Å²) in [5.74, 6) is 1.33. The molecular weight excluding hydrogens is 302 g/mol. The van der Waals surface area contributed by atoms with Crippen LogP contribution < -0.4 is 4.74 Å². The fraction of sp³-hybridized carbons (Fsp3) is 0.350. The van der Waals surface area contributed by atoms with Crippen LogP contribution in [0.1, 0.15) is 32.3 Å².